The number of rotatable bonds is 3. The number of fused-ring (bicyclic) bond motifs is 3. The number of carbonyl (C=O) groups is 1. The lowest BCUT2D eigenvalue weighted by molar-refractivity contribution is -0.645. The first kappa shape index (κ1) is 15.5. The summed E-state index contributed by atoms with van der Waals surface area (Å²) in [6.07, 6.45) is 3.14. The first-order chi connectivity index (χ1) is 9.70. The molecule has 0 bridgehead atoms. The van der Waals surface area contributed by atoms with E-state index in [1.165, 1.54) is 18.1 Å². The number of hydrogen-bond acceptors (Lipinski definition) is 1. The van der Waals surface area contributed by atoms with Crippen molar-refractivity contribution in [1.82, 2.24) is 4.40 Å². The Morgan fingerprint density at radius 1 is 1.29 bits per heavy atom. The third-order valence-electron chi connectivity index (χ3n) is 3.41. The third-order valence-corrected chi connectivity index (χ3v) is 3.41. The molecule has 0 atom stereocenters. The molecule has 2 heterocycles. The van der Waals surface area contributed by atoms with Gasteiger partial charge in [0.25, 0.3) is 5.65 Å². The van der Waals surface area contributed by atoms with Crippen molar-refractivity contribution in [3.63, 3.8) is 0 Å². The number of aromatic nitrogens is 2. The van der Waals surface area contributed by atoms with Crippen LogP contribution >= 0.6 is 0 Å². The summed E-state index contributed by atoms with van der Waals surface area (Å²) in [6.45, 7) is 4.69. The van der Waals surface area contributed by atoms with E-state index in [9.17, 15) is 4.79 Å². The van der Waals surface area contributed by atoms with Gasteiger partial charge in [0.1, 0.15) is 0 Å². The van der Waals surface area contributed by atoms with Gasteiger partial charge in [0.05, 0.1) is 12.7 Å². The molecular formula is C16H18BrN3O. The van der Waals surface area contributed by atoms with Crippen molar-refractivity contribution in [3.8, 4) is 0 Å². The fourth-order valence-corrected chi connectivity index (χ4v) is 2.67. The SMILES string of the molecule is CCC[n+]1c2ccc(NC(C)=O)cc2n2ccccc21.[Br-]. The molecule has 0 aliphatic rings. The van der Waals surface area contributed by atoms with Crippen LogP contribution in [0.4, 0.5) is 5.69 Å². The highest BCUT2D eigenvalue weighted by atomic mass is 79.9. The summed E-state index contributed by atoms with van der Waals surface area (Å²) in [5.74, 6) is -0.0494. The summed E-state index contributed by atoms with van der Waals surface area (Å²) >= 11 is 0. The van der Waals surface area contributed by atoms with Crippen molar-refractivity contribution in [1.29, 1.82) is 0 Å². The number of aryl methyl sites for hydroxylation is 1. The summed E-state index contributed by atoms with van der Waals surface area (Å²) in [6, 6.07) is 12.2. The van der Waals surface area contributed by atoms with Crippen LogP contribution in [0.1, 0.15) is 20.3 Å². The molecule has 0 aliphatic heterocycles. The zero-order valence-electron chi connectivity index (χ0n) is 12.1. The van der Waals surface area contributed by atoms with Gasteiger partial charge in [0, 0.05) is 24.7 Å². The van der Waals surface area contributed by atoms with E-state index in [2.05, 4.69) is 45.6 Å². The van der Waals surface area contributed by atoms with Crippen LogP contribution in [0.25, 0.3) is 16.7 Å². The first-order valence-electron chi connectivity index (χ1n) is 6.91. The highest BCUT2D eigenvalue weighted by Gasteiger charge is 2.18. The highest BCUT2D eigenvalue weighted by molar-refractivity contribution is 5.91. The largest absolute Gasteiger partial charge is 1.00 e. The molecule has 0 spiro atoms. The van der Waals surface area contributed by atoms with E-state index in [1.54, 1.807) is 0 Å². The van der Waals surface area contributed by atoms with Gasteiger partial charge in [-0.3, -0.25) is 4.79 Å². The summed E-state index contributed by atoms with van der Waals surface area (Å²) in [5.41, 5.74) is 4.30. The molecule has 1 amide bonds. The third kappa shape index (κ3) is 2.78. The minimum absolute atomic E-state index is 0. The predicted octanol–water partition coefficient (Wildman–Crippen LogP) is -0.248. The van der Waals surface area contributed by atoms with Crippen molar-refractivity contribution in [2.24, 2.45) is 0 Å². The summed E-state index contributed by atoms with van der Waals surface area (Å²) < 4.78 is 4.48. The van der Waals surface area contributed by atoms with Crippen LogP contribution in [0.3, 0.4) is 0 Å². The Balaban J connectivity index is 0.00000161. The number of halogens is 1. The maximum absolute atomic E-state index is 11.2. The first-order valence-corrected chi connectivity index (χ1v) is 6.91. The van der Waals surface area contributed by atoms with Crippen LogP contribution in [0, 0.1) is 0 Å². The Hall–Kier alpha value is -1.88. The number of amides is 1. The Kier molecular flexibility index (Phi) is 4.63. The van der Waals surface area contributed by atoms with E-state index < -0.39 is 0 Å². The van der Waals surface area contributed by atoms with Crippen LogP contribution < -0.4 is 26.9 Å². The lowest BCUT2D eigenvalue weighted by Gasteiger charge is -2.00. The minimum Gasteiger partial charge on any atom is -1.00 e. The Bertz CT molecular complexity index is 795. The quantitative estimate of drug-likeness (QED) is 0.652. The molecule has 110 valence electrons. The maximum atomic E-state index is 11.2. The normalized spacial score (nSPS) is 10.6. The van der Waals surface area contributed by atoms with Crippen LogP contribution in [-0.4, -0.2) is 10.3 Å². The maximum Gasteiger partial charge on any atom is 0.287 e. The van der Waals surface area contributed by atoms with Gasteiger partial charge in [0.15, 0.2) is 11.0 Å². The lowest BCUT2D eigenvalue weighted by atomic mass is 10.2. The zero-order chi connectivity index (χ0) is 14.1. The molecule has 4 nitrogen and oxygen atoms in total. The van der Waals surface area contributed by atoms with E-state index in [-0.39, 0.29) is 22.9 Å². The molecule has 0 radical (unpaired) electrons. The van der Waals surface area contributed by atoms with Crippen molar-refractivity contribution in [3.05, 3.63) is 42.6 Å². The molecule has 2 aromatic heterocycles. The van der Waals surface area contributed by atoms with Gasteiger partial charge in [-0.2, -0.15) is 4.40 Å². The van der Waals surface area contributed by atoms with Crippen LogP contribution in [-0.2, 0) is 11.3 Å². The number of anilines is 1. The summed E-state index contributed by atoms with van der Waals surface area (Å²) in [4.78, 5) is 11.2. The van der Waals surface area contributed by atoms with Gasteiger partial charge in [-0.1, -0.05) is 13.0 Å². The molecular weight excluding hydrogens is 330 g/mol. The van der Waals surface area contributed by atoms with E-state index in [1.807, 2.05) is 18.2 Å². The van der Waals surface area contributed by atoms with Crippen molar-refractivity contribution >= 4 is 28.3 Å². The predicted molar refractivity (Wildman–Crippen MR) is 79.7 cm³/mol. The average Bonchev–Trinajstić information content (AvgIpc) is 2.73. The fourth-order valence-electron chi connectivity index (χ4n) is 2.67. The Labute approximate surface area is 134 Å². The summed E-state index contributed by atoms with van der Waals surface area (Å²) in [5, 5.41) is 2.84. The molecule has 3 aromatic rings. The number of benzene rings is 1. The topological polar surface area (TPSA) is 37.4 Å². The van der Waals surface area contributed by atoms with Gasteiger partial charge in [0.2, 0.25) is 5.91 Å². The molecule has 21 heavy (non-hydrogen) atoms. The van der Waals surface area contributed by atoms with E-state index in [0.29, 0.717) is 0 Å². The number of nitrogens with one attached hydrogen (secondary N) is 1. The molecule has 0 saturated heterocycles. The van der Waals surface area contributed by atoms with E-state index in [4.69, 9.17) is 0 Å². The standard InChI is InChI=1S/C16H17N3O.BrH/c1-3-9-18-14-8-7-13(17-12(2)20)11-15(14)19-10-5-4-6-16(18)19;/h4-8,10-11H,3,9H2,1-2H3;1H. The average molecular weight is 348 g/mol. The fraction of sp³-hybridized carbons (Fsp3) is 0.250. The lowest BCUT2D eigenvalue weighted by Crippen LogP contribution is -3.00. The highest BCUT2D eigenvalue weighted by Crippen LogP contribution is 2.19. The monoisotopic (exact) mass is 347 g/mol. The van der Waals surface area contributed by atoms with Gasteiger partial charge in [-0.25, -0.2) is 4.57 Å². The molecule has 1 N–H and O–H groups in total. The molecule has 0 aliphatic carbocycles. The Morgan fingerprint density at radius 2 is 2.10 bits per heavy atom. The number of carbonyl (C=O) groups excluding carboxylic acids is 1. The van der Waals surface area contributed by atoms with Gasteiger partial charge < -0.3 is 22.3 Å². The van der Waals surface area contributed by atoms with Crippen molar-refractivity contribution in [2.75, 3.05) is 5.32 Å². The number of nitrogens with zero attached hydrogens (tertiary/aromatic N) is 2. The van der Waals surface area contributed by atoms with Gasteiger partial charge in [-0.15, -0.1) is 0 Å². The number of imidazole rings is 1. The number of hydrogen-bond donors (Lipinski definition) is 1. The smallest absolute Gasteiger partial charge is 0.287 e. The second-order valence-electron chi connectivity index (χ2n) is 4.97. The van der Waals surface area contributed by atoms with E-state index in [0.717, 1.165) is 24.2 Å². The summed E-state index contributed by atoms with van der Waals surface area (Å²) in [7, 11) is 0. The van der Waals surface area contributed by atoms with Gasteiger partial charge in [-0.05, 0) is 24.6 Å². The zero-order valence-corrected chi connectivity index (χ0v) is 13.7. The number of pyridine rings is 1. The second kappa shape index (κ2) is 6.26. The van der Waals surface area contributed by atoms with Crippen LogP contribution in [0.15, 0.2) is 42.6 Å². The Morgan fingerprint density at radius 3 is 2.81 bits per heavy atom. The molecule has 5 heteroatoms. The minimum atomic E-state index is -0.0494. The molecule has 1 aromatic carbocycles. The second-order valence-corrected chi connectivity index (χ2v) is 4.97. The van der Waals surface area contributed by atoms with Crippen LogP contribution in [0.2, 0.25) is 0 Å². The molecule has 0 saturated carbocycles. The molecule has 0 unspecified atom stereocenters. The van der Waals surface area contributed by atoms with Gasteiger partial charge >= 0.3 is 0 Å². The van der Waals surface area contributed by atoms with E-state index >= 15 is 0 Å². The molecule has 3 rings (SSSR count). The van der Waals surface area contributed by atoms with Crippen molar-refractivity contribution in [2.45, 2.75) is 26.8 Å². The van der Waals surface area contributed by atoms with Crippen LogP contribution in [0.5, 0.6) is 0 Å². The van der Waals surface area contributed by atoms with Crippen molar-refractivity contribution < 1.29 is 26.3 Å². The molecule has 0 fully saturated rings.